The Bertz CT molecular complexity index is 524. The number of anilines is 1. The fraction of sp³-hybridized carbons (Fsp3) is 0.571. The number of hydrogen-bond acceptors (Lipinski definition) is 5. The van der Waals surface area contributed by atoms with Crippen molar-refractivity contribution >= 4 is 17.4 Å². The van der Waals surface area contributed by atoms with Crippen molar-refractivity contribution in [2.75, 3.05) is 44.3 Å². The Labute approximate surface area is 123 Å². The lowest BCUT2D eigenvalue weighted by molar-refractivity contribution is 0.0209. The van der Waals surface area contributed by atoms with E-state index in [4.69, 9.17) is 21.6 Å². The van der Waals surface area contributed by atoms with Crippen LogP contribution in [0.2, 0.25) is 5.02 Å². The third-order valence-corrected chi connectivity index (χ3v) is 4.39. The lowest BCUT2D eigenvalue weighted by Gasteiger charge is -2.32. The molecule has 20 heavy (non-hydrogen) atoms. The zero-order valence-corrected chi connectivity index (χ0v) is 12.0. The summed E-state index contributed by atoms with van der Waals surface area (Å²) < 4.78 is 5.40. The van der Waals surface area contributed by atoms with Gasteiger partial charge in [-0.1, -0.05) is 11.6 Å². The number of nitrogens with zero attached hydrogens (tertiary/aromatic N) is 4. The third kappa shape index (κ3) is 2.59. The van der Waals surface area contributed by atoms with Gasteiger partial charge in [0.1, 0.15) is 16.9 Å². The minimum atomic E-state index is 0.470. The quantitative estimate of drug-likeness (QED) is 0.827. The smallest absolute Gasteiger partial charge is 0.148 e. The molecular weight excluding hydrogens is 276 g/mol. The molecule has 1 unspecified atom stereocenters. The molecule has 0 spiro atoms. The summed E-state index contributed by atoms with van der Waals surface area (Å²) in [7, 11) is 0. The number of pyridine rings is 1. The van der Waals surface area contributed by atoms with E-state index in [9.17, 15) is 0 Å². The SMILES string of the molecule is N#Cc1ccnc(N2CCC(N3CCOCC3)C2)c1Cl. The third-order valence-electron chi connectivity index (χ3n) is 4.02. The fourth-order valence-corrected chi connectivity index (χ4v) is 3.19. The Morgan fingerprint density at radius 2 is 2.15 bits per heavy atom. The van der Waals surface area contributed by atoms with E-state index in [-0.39, 0.29) is 0 Å². The lowest BCUT2D eigenvalue weighted by atomic mass is 10.2. The van der Waals surface area contributed by atoms with Crippen LogP contribution in [0.3, 0.4) is 0 Å². The highest BCUT2D eigenvalue weighted by atomic mass is 35.5. The summed E-state index contributed by atoms with van der Waals surface area (Å²) in [5.41, 5.74) is 0.492. The van der Waals surface area contributed by atoms with E-state index in [1.165, 1.54) is 0 Å². The van der Waals surface area contributed by atoms with Gasteiger partial charge in [-0.25, -0.2) is 4.98 Å². The summed E-state index contributed by atoms with van der Waals surface area (Å²) in [5, 5.41) is 9.51. The molecule has 0 aliphatic carbocycles. The van der Waals surface area contributed by atoms with Crippen LogP contribution in [-0.2, 0) is 4.74 Å². The van der Waals surface area contributed by atoms with Gasteiger partial charge in [-0.3, -0.25) is 4.90 Å². The molecule has 0 saturated carbocycles. The molecule has 106 valence electrons. The maximum Gasteiger partial charge on any atom is 0.148 e. The van der Waals surface area contributed by atoms with Gasteiger partial charge < -0.3 is 9.64 Å². The second kappa shape index (κ2) is 5.96. The predicted octanol–water partition coefficient (Wildman–Crippen LogP) is 1.52. The number of morpholine rings is 1. The number of aromatic nitrogens is 1. The molecule has 1 aromatic rings. The molecule has 5 nitrogen and oxygen atoms in total. The predicted molar refractivity (Wildman–Crippen MR) is 77.0 cm³/mol. The van der Waals surface area contributed by atoms with Crippen LogP contribution in [0.1, 0.15) is 12.0 Å². The van der Waals surface area contributed by atoms with Crippen LogP contribution in [0.4, 0.5) is 5.82 Å². The van der Waals surface area contributed by atoms with Crippen LogP contribution in [0.25, 0.3) is 0 Å². The van der Waals surface area contributed by atoms with Crippen molar-refractivity contribution in [3.8, 4) is 6.07 Å². The minimum absolute atomic E-state index is 0.470. The number of nitriles is 1. The summed E-state index contributed by atoms with van der Waals surface area (Å²) in [5.74, 6) is 0.737. The average molecular weight is 293 g/mol. The van der Waals surface area contributed by atoms with Crippen molar-refractivity contribution in [3.63, 3.8) is 0 Å². The van der Waals surface area contributed by atoms with Gasteiger partial charge in [-0.2, -0.15) is 5.26 Å². The first-order chi connectivity index (χ1) is 9.79. The molecule has 0 amide bonds. The van der Waals surface area contributed by atoms with Crippen molar-refractivity contribution in [1.29, 1.82) is 5.26 Å². The molecule has 3 rings (SSSR count). The van der Waals surface area contributed by atoms with Gasteiger partial charge in [-0.05, 0) is 12.5 Å². The number of ether oxygens (including phenoxy) is 1. The van der Waals surface area contributed by atoms with Crippen LogP contribution < -0.4 is 4.90 Å². The zero-order chi connectivity index (χ0) is 13.9. The molecule has 2 aliphatic rings. The normalized spacial score (nSPS) is 23.8. The Kier molecular flexibility index (Phi) is 4.06. The number of rotatable bonds is 2. The second-order valence-electron chi connectivity index (χ2n) is 5.14. The lowest BCUT2D eigenvalue weighted by Crippen LogP contribution is -2.44. The van der Waals surface area contributed by atoms with E-state index >= 15 is 0 Å². The van der Waals surface area contributed by atoms with Gasteiger partial charge in [0.05, 0.1) is 18.8 Å². The summed E-state index contributed by atoms with van der Waals surface area (Å²) in [4.78, 5) is 9.01. The molecule has 6 heteroatoms. The van der Waals surface area contributed by atoms with Crippen molar-refractivity contribution in [3.05, 3.63) is 22.8 Å². The van der Waals surface area contributed by atoms with Crippen LogP contribution in [0.5, 0.6) is 0 Å². The Hall–Kier alpha value is -1.35. The average Bonchev–Trinajstić information content (AvgIpc) is 2.98. The first-order valence-electron chi connectivity index (χ1n) is 6.91. The van der Waals surface area contributed by atoms with E-state index in [1.807, 2.05) is 0 Å². The first kappa shape index (κ1) is 13.6. The highest BCUT2D eigenvalue weighted by molar-refractivity contribution is 6.34. The first-order valence-corrected chi connectivity index (χ1v) is 7.28. The van der Waals surface area contributed by atoms with Crippen LogP contribution in [0, 0.1) is 11.3 Å². The van der Waals surface area contributed by atoms with Crippen molar-refractivity contribution in [2.24, 2.45) is 0 Å². The Morgan fingerprint density at radius 1 is 1.35 bits per heavy atom. The zero-order valence-electron chi connectivity index (χ0n) is 11.3. The van der Waals surface area contributed by atoms with Crippen LogP contribution >= 0.6 is 11.6 Å². The molecule has 0 bridgehead atoms. The number of halogens is 1. The van der Waals surface area contributed by atoms with Crippen LogP contribution in [-0.4, -0.2) is 55.3 Å². The molecular formula is C14H17ClN4O. The van der Waals surface area contributed by atoms with E-state index in [0.717, 1.165) is 51.6 Å². The summed E-state index contributed by atoms with van der Waals surface area (Å²) in [6.07, 6.45) is 2.76. The molecule has 2 fully saturated rings. The van der Waals surface area contributed by atoms with Crippen LogP contribution in [0.15, 0.2) is 12.3 Å². The van der Waals surface area contributed by atoms with Gasteiger partial charge in [0, 0.05) is 38.4 Å². The molecule has 0 radical (unpaired) electrons. The Balaban J connectivity index is 1.72. The van der Waals surface area contributed by atoms with E-state index in [2.05, 4.69) is 20.9 Å². The van der Waals surface area contributed by atoms with Gasteiger partial charge >= 0.3 is 0 Å². The molecule has 0 N–H and O–H groups in total. The number of hydrogen-bond donors (Lipinski definition) is 0. The maximum absolute atomic E-state index is 9.04. The van der Waals surface area contributed by atoms with E-state index < -0.39 is 0 Å². The maximum atomic E-state index is 9.04. The highest BCUT2D eigenvalue weighted by Crippen LogP contribution is 2.30. The molecule has 1 aromatic heterocycles. The summed E-state index contributed by atoms with van der Waals surface area (Å²) in [6, 6.07) is 4.29. The van der Waals surface area contributed by atoms with Gasteiger partial charge in [-0.15, -0.1) is 0 Å². The summed E-state index contributed by atoms with van der Waals surface area (Å²) >= 11 is 6.26. The molecule has 2 aliphatic heterocycles. The fourth-order valence-electron chi connectivity index (χ4n) is 2.91. The minimum Gasteiger partial charge on any atom is -0.379 e. The highest BCUT2D eigenvalue weighted by Gasteiger charge is 2.30. The second-order valence-corrected chi connectivity index (χ2v) is 5.52. The molecule has 0 aromatic carbocycles. The monoisotopic (exact) mass is 292 g/mol. The molecule has 3 heterocycles. The standard InChI is InChI=1S/C14H17ClN4O/c15-13-11(9-16)1-3-17-14(13)19-4-2-12(10-19)18-5-7-20-8-6-18/h1,3,12H,2,4-8,10H2. The van der Waals surface area contributed by atoms with Gasteiger partial charge in [0.2, 0.25) is 0 Å². The van der Waals surface area contributed by atoms with Crippen molar-refractivity contribution < 1.29 is 4.74 Å². The topological polar surface area (TPSA) is 52.4 Å². The van der Waals surface area contributed by atoms with Gasteiger partial charge in [0.25, 0.3) is 0 Å². The largest absolute Gasteiger partial charge is 0.379 e. The van der Waals surface area contributed by atoms with Crippen molar-refractivity contribution in [2.45, 2.75) is 12.5 Å². The van der Waals surface area contributed by atoms with Gasteiger partial charge in [0.15, 0.2) is 0 Å². The Morgan fingerprint density at radius 3 is 2.90 bits per heavy atom. The molecule has 1 atom stereocenters. The van der Waals surface area contributed by atoms with E-state index in [1.54, 1.807) is 12.3 Å². The summed E-state index contributed by atoms with van der Waals surface area (Å²) in [6.45, 7) is 5.49. The van der Waals surface area contributed by atoms with E-state index in [0.29, 0.717) is 16.6 Å². The van der Waals surface area contributed by atoms with Crippen molar-refractivity contribution in [1.82, 2.24) is 9.88 Å². The molecule has 2 saturated heterocycles.